The largest absolute Gasteiger partial charge is 0.380 e. The van der Waals surface area contributed by atoms with Crippen molar-refractivity contribution in [2.75, 3.05) is 5.32 Å². The van der Waals surface area contributed by atoms with Crippen molar-refractivity contribution in [3.63, 3.8) is 0 Å². The molecule has 0 bridgehead atoms. The number of fused-ring (bicyclic) bond motifs is 1. The molecule has 2 N–H and O–H groups in total. The van der Waals surface area contributed by atoms with Crippen molar-refractivity contribution in [2.45, 2.75) is 87.1 Å². The summed E-state index contributed by atoms with van der Waals surface area (Å²) in [6.07, 6.45) is 8.96. The van der Waals surface area contributed by atoms with Gasteiger partial charge in [-0.25, -0.2) is 4.39 Å². The van der Waals surface area contributed by atoms with Crippen LogP contribution in [0, 0.1) is 5.82 Å². The van der Waals surface area contributed by atoms with E-state index >= 15 is 0 Å². The zero-order valence-electron chi connectivity index (χ0n) is 20.4. The van der Waals surface area contributed by atoms with Gasteiger partial charge in [-0.1, -0.05) is 44.2 Å². The van der Waals surface area contributed by atoms with Crippen molar-refractivity contribution in [3.05, 3.63) is 58.9 Å². The summed E-state index contributed by atoms with van der Waals surface area (Å²) in [6.45, 7) is 0.336. The van der Waals surface area contributed by atoms with E-state index in [4.69, 9.17) is 0 Å². The van der Waals surface area contributed by atoms with Gasteiger partial charge in [0, 0.05) is 35.2 Å². The Kier molecular flexibility index (Phi) is 7.60. The number of nitrogens with zero attached hydrogens (tertiary/aromatic N) is 1. The second kappa shape index (κ2) is 11.0. The number of anilines is 1. The summed E-state index contributed by atoms with van der Waals surface area (Å²) in [5, 5.41) is 5.76. The maximum atomic E-state index is 14.9. The molecule has 3 aliphatic rings. The lowest BCUT2D eigenvalue weighted by atomic mass is 9.96. The van der Waals surface area contributed by atoms with E-state index in [-0.39, 0.29) is 24.1 Å². The van der Waals surface area contributed by atoms with Crippen LogP contribution in [0.25, 0.3) is 0 Å². The molecule has 36 heavy (non-hydrogen) atoms. The first kappa shape index (κ1) is 24.8. The molecule has 0 radical (unpaired) electrons. The topological polar surface area (TPSA) is 78.5 Å². The fourth-order valence-corrected chi connectivity index (χ4v) is 6.46. The number of amides is 3. The quantitative estimate of drug-likeness (QED) is 0.403. The Morgan fingerprint density at radius 2 is 1.78 bits per heavy atom. The van der Waals surface area contributed by atoms with E-state index in [9.17, 15) is 18.8 Å². The van der Waals surface area contributed by atoms with Crippen LogP contribution in [0.15, 0.2) is 41.3 Å². The molecular formula is C28H32FN3O3S. The van der Waals surface area contributed by atoms with E-state index in [1.807, 2.05) is 24.3 Å². The fraction of sp³-hybridized carbons (Fsp3) is 0.464. The highest BCUT2D eigenvalue weighted by atomic mass is 32.2. The molecule has 6 nitrogen and oxygen atoms in total. The predicted molar refractivity (Wildman–Crippen MR) is 138 cm³/mol. The van der Waals surface area contributed by atoms with Gasteiger partial charge in [-0.05, 0) is 54.7 Å². The van der Waals surface area contributed by atoms with Crippen LogP contribution in [-0.2, 0) is 21.9 Å². The van der Waals surface area contributed by atoms with Gasteiger partial charge < -0.3 is 10.2 Å². The van der Waals surface area contributed by atoms with Crippen LogP contribution in [0.1, 0.15) is 79.3 Å². The minimum Gasteiger partial charge on any atom is -0.380 e. The summed E-state index contributed by atoms with van der Waals surface area (Å²) in [4.78, 5) is 39.4. The smallest absolute Gasteiger partial charge is 0.255 e. The molecule has 5 rings (SSSR count). The molecule has 1 unspecified atom stereocenters. The maximum Gasteiger partial charge on any atom is 0.255 e. The third-order valence-electron chi connectivity index (χ3n) is 7.43. The molecule has 2 aromatic carbocycles. The van der Waals surface area contributed by atoms with Crippen LogP contribution in [0.5, 0.6) is 0 Å². The highest BCUT2D eigenvalue weighted by Gasteiger charge is 2.39. The number of thioether (sulfide) groups is 1. The van der Waals surface area contributed by atoms with Gasteiger partial charge in [0.1, 0.15) is 11.9 Å². The van der Waals surface area contributed by atoms with Crippen molar-refractivity contribution in [1.82, 2.24) is 10.2 Å². The fourth-order valence-electron chi connectivity index (χ4n) is 5.44. The number of rotatable bonds is 6. The molecule has 1 saturated carbocycles. The van der Waals surface area contributed by atoms with Crippen LogP contribution >= 0.6 is 11.8 Å². The molecule has 190 valence electrons. The van der Waals surface area contributed by atoms with Crippen molar-refractivity contribution < 1.29 is 18.8 Å². The monoisotopic (exact) mass is 509 g/mol. The second-order valence-corrected chi connectivity index (χ2v) is 11.0. The Balaban J connectivity index is 1.23. The van der Waals surface area contributed by atoms with Crippen molar-refractivity contribution in [3.8, 4) is 0 Å². The van der Waals surface area contributed by atoms with Crippen LogP contribution in [0.4, 0.5) is 10.1 Å². The maximum absolute atomic E-state index is 14.9. The first-order valence-corrected chi connectivity index (χ1v) is 13.9. The minimum atomic E-state index is -0.632. The number of hydrogen-bond acceptors (Lipinski definition) is 5. The number of carbonyl (C=O) groups is 3. The predicted octanol–water partition coefficient (Wildman–Crippen LogP) is 5.40. The number of benzene rings is 2. The molecule has 8 heteroatoms. The molecule has 3 amide bonds. The van der Waals surface area contributed by atoms with Crippen LogP contribution in [0.2, 0.25) is 0 Å². The Morgan fingerprint density at radius 1 is 1.00 bits per heavy atom. The Morgan fingerprint density at radius 3 is 2.53 bits per heavy atom. The SMILES string of the molecule is O=C1CCC(N2Cc3c(SCc4ccc(NC5CCCCCCC5)c(F)c4)cccc3C2=O)C(=O)N1. The van der Waals surface area contributed by atoms with Crippen molar-refractivity contribution >= 4 is 35.2 Å². The van der Waals surface area contributed by atoms with E-state index in [2.05, 4.69) is 10.6 Å². The summed E-state index contributed by atoms with van der Waals surface area (Å²) >= 11 is 1.57. The van der Waals surface area contributed by atoms with E-state index in [1.54, 1.807) is 28.8 Å². The molecule has 1 aliphatic carbocycles. The highest BCUT2D eigenvalue weighted by molar-refractivity contribution is 7.98. The van der Waals surface area contributed by atoms with Gasteiger partial charge in [0.2, 0.25) is 11.8 Å². The van der Waals surface area contributed by atoms with Gasteiger partial charge in [0.05, 0.1) is 5.69 Å². The normalized spacial score (nSPS) is 21.1. The van der Waals surface area contributed by atoms with Crippen LogP contribution < -0.4 is 10.6 Å². The van der Waals surface area contributed by atoms with E-state index in [0.717, 1.165) is 28.9 Å². The number of hydrogen-bond donors (Lipinski definition) is 2. The lowest BCUT2D eigenvalue weighted by molar-refractivity contribution is -0.136. The Hall–Kier alpha value is -2.87. The summed E-state index contributed by atoms with van der Waals surface area (Å²) in [6, 6.07) is 10.7. The second-order valence-electron chi connectivity index (χ2n) is 9.97. The van der Waals surface area contributed by atoms with Crippen molar-refractivity contribution in [1.29, 1.82) is 0 Å². The zero-order chi connectivity index (χ0) is 25.1. The minimum absolute atomic E-state index is 0.183. The number of nitrogens with one attached hydrogen (secondary N) is 2. The number of carbonyl (C=O) groups excluding carboxylic acids is 3. The summed E-state index contributed by atoms with van der Waals surface area (Å²) < 4.78 is 14.9. The number of imide groups is 1. The van der Waals surface area contributed by atoms with Crippen molar-refractivity contribution in [2.24, 2.45) is 0 Å². The molecule has 0 spiro atoms. The number of halogens is 1. The summed E-state index contributed by atoms with van der Waals surface area (Å²) in [5.41, 5.74) is 2.93. The molecular weight excluding hydrogens is 477 g/mol. The standard InChI is InChI=1S/C28H32FN3O3S/c29-22-15-18(11-12-23(22)30-19-7-4-2-1-3-5-8-19)17-36-25-10-6-9-20-21(25)16-32(28(20)35)24-13-14-26(33)31-27(24)34/h6,9-12,15,19,24,30H,1-5,7-8,13-14,16-17H2,(H,31,33,34). The van der Waals surface area contributed by atoms with Gasteiger partial charge in [0.15, 0.2) is 0 Å². The Bertz CT molecular complexity index is 1160. The lowest BCUT2D eigenvalue weighted by Crippen LogP contribution is -2.52. The van der Waals surface area contributed by atoms with E-state index in [1.165, 1.54) is 32.1 Å². The van der Waals surface area contributed by atoms with Gasteiger partial charge in [-0.15, -0.1) is 11.8 Å². The third kappa shape index (κ3) is 5.43. The molecule has 1 saturated heterocycles. The van der Waals surface area contributed by atoms with Crippen LogP contribution in [-0.4, -0.2) is 34.7 Å². The molecule has 2 aromatic rings. The molecule has 2 aliphatic heterocycles. The third-order valence-corrected chi connectivity index (χ3v) is 8.60. The molecule has 2 heterocycles. The van der Waals surface area contributed by atoms with Crippen LogP contribution in [0.3, 0.4) is 0 Å². The van der Waals surface area contributed by atoms with Gasteiger partial charge in [-0.3, -0.25) is 19.7 Å². The molecule has 1 atom stereocenters. The van der Waals surface area contributed by atoms with E-state index in [0.29, 0.717) is 36.0 Å². The average Bonchev–Trinajstić information content (AvgIpc) is 3.17. The lowest BCUT2D eigenvalue weighted by Gasteiger charge is -2.29. The molecule has 2 fully saturated rings. The van der Waals surface area contributed by atoms with Gasteiger partial charge in [0.25, 0.3) is 5.91 Å². The molecule has 0 aromatic heterocycles. The average molecular weight is 510 g/mol. The van der Waals surface area contributed by atoms with Gasteiger partial charge >= 0.3 is 0 Å². The summed E-state index contributed by atoms with van der Waals surface area (Å²) in [5.74, 6) is -0.547. The summed E-state index contributed by atoms with van der Waals surface area (Å²) in [7, 11) is 0. The number of piperidine rings is 1. The highest BCUT2D eigenvalue weighted by Crippen LogP contribution is 2.36. The first-order chi connectivity index (χ1) is 17.5. The van der Waals surface area contributed by atoms with E-state index < -0.39 is 11.9 Å². The first-order valence-electron chi connectivity index (χ1n) is 12.9. The van der Waals surface area contributed by atoms with Gasteiger partial charge in [-0.2, -0.15) is 0 Å². The Labute approximate surface area is 215 Å². The zero-order valence-corrected chi connectivity index (χ0v) is 21.2.